The summed E-state index contributed by atoms with van der Waals surface area (Å²) in [5, 5.41) is 0. The van der Waals surface area contributed by atoms with E-state index in [0.717, 1.165) is 46.4 Å². The second-order valence-corrected chi connectivity index (χ2v) is 8.78. The van der Waals surface area contributed by atoms with Gasteiger partial charge >= 0.3 is 0 Å². The van der Waals surface area contributed by atoms with E-state index in [2.05, 4.69) is 23.2 Å². The maximum Gasteiger partial charge on any atom is 0.177 e. The lowest BCUT2D eigenvalue weighted by molar-refractivity contribution is 0.0994. The van der Waals surface area contributed by atoms with Crippen molar-refractivity contribution in [2.24, 2.45) is 0 Å². The zero-order valence-electron chi connectivity index (χ0n) is 16.7. The van der Waals surface area contributed by atoms with Crippen molar-refractivity contribution in [2.75, 3.05) is 0 Å². The van der Waals surface area contributed by atoms with Gasteiger partial charge in [0, 0.05) is 29.3 Å². The number of fused-ring (bicyclic) bond motifs is 3. The van der Waals surface area contributed by atoms with Crippen molar-refractivity contribution in [3.05, 3.63) is 100 Å². The molecule has 0 radical (unpaired) electrons. The zero-order chi connectivity index (χ0) is 21.4. The predicted octanol–water partition coefficient (Wildman–Crippen LogP) is 6.67. The summed E-state index contributed by atoms with van der Waals surface area (Å²) in [6.45, 7) is 0. The van der Waals surface area contributed by atoms with Crippen LogP contribution in [0.2, 0.25) is 0 Å². The first-order valence-electron chi connectivity index (χ1n) is 10.2. The number of thiophene rings is 1. The Labute approximate surface area is 183 Å². The second-order valence-electron chi connectivity index (χ2n) is 7.73. The summed E-state index contributed by atoms with van der Waals surface area (Å²) in [7, 11) is 0. The normalized spacial score (nSPS) is 12.7. The quantitative estimate of drug-likeness (QED) is 0.338. The highest BCUT2D eigenvalue weighted by Gasteiger charge is 2.22. The number of aromatic nitrogens is 1. The van der Waals surface area contributed by atoms with Crippen molar-refractivity contribution < 1.29 is 13.6 Å². The van der Waals surface area contributed by atoms with E-state index in [-0.39, 0.29) is 17.8 Å². The minimum absolute atomic E-state index is 0.170. The van der Waals surface area contributed by atoms with Gasteiger partial charge in [-0.05, 0) is 83.5 Å². The van der Waals surface area contributed by atoms with Crippen LogP contribution >= 0.6 is 11.3 Å². The van der Waals surface area contributed by atoms with Gasteiger partial charge in [0.15, 0.2) is 5.78 Å². The Hall–Kier alpha value is -3.18. The van der Waals surface area contributed by atoms with Crippen LogP contribution in [0.5, 0.6) is 0 Å². The van der Waals surface area contributed by atoms with E-state index in [1.54, 1.807) is 12.4 Å². The van der Waals surface area contributed by atoms with Crippen molar-refractivity contribution in [3.63, 3.8) is 0 Å². The van der Waals surface area contributed by atoms with Crippen LogP contribution in [0.3, 0.4) is 0 Å². The van der Waals surface area contributed by atoms with Crippen LogP contribution in [-0.2, 0) is 19.3 Å². The largest absolute Gasteiger partial charge is 0.293 e. The van der Waals surface area contributed by atoms with Gasteiger partial charge in [-0.15, -0.1) is 11.3 Å². The number of aryl methyl sites for hydroxylation is 2. The van der Waals surface area contributed by atoms with Crippen molar-refractivity contribution in [2.45, 2.75) is 25.7 Å². The minimum Gasteiger partial charge on any atom is -0.293 e. The van der Waals surface area contributed by atoms with Gasteiger partial charge in [0.2, 0.25) is 0 Å². The molecule has 0 saturated carbocycles. The molecule has 4 aromatic rings. The first-order valence-corrected chi connectivity index (χ1v) is 11.0. The second kappa shape index (κ2) is 8.16. The highest BCUT2D eigenvalue weighted by molar-refractivity contribution is 7.17. The Balaban J connectivity index is 1.53. The molecule has 0 saturated heterocycles. The number of carbonyl (C=O) groups is 1. The molecule has 1 aliphatic rings. The summed E-state index contributed by atoms with van der Waals surface area (Å²) in [5.74, 6) is -1.62. The van der Waals surface area contributed by atoms with E-state index >= 15 is 0 Å². The van der Waals surface area contributed by atoms with Crippen LogP contribution in [-0.4, -0.2) is 10.8 Å². The molecule has 154 valence electrons. The third kappa shape index (κ3) is 3.81. The monoisotopic (exact) mass is 431 g/mol. The van der Waals surface area contributed by atoms with E-state index in [4.69, 9.17) is 0 Å². The molecular weight excluding hydrogens is 412 g/mol. The Morgan fingerprint density at radius 1 is 0.903 bits per heavy atom. The van der Waals surface area contributed by atoms with Gasteiger partial charge < -0.3 is 0 Å². The third-order valence-electron chi connectivity index (χ3n) is 5.74. The highest BCUT2D eigenvalue weighted by Crippen LogP contribution is 2.41. The van der Waals surface area contributed by atoms with E-state index in [1.165, 1.54) is 35.1 Å². The molecule has 0 unspecified atom stereocenters. The molecule has 2 nitrogen and oxygen atoms in total. The summed E-state index contributed by atoms with van der Waals surface area (Å²) < 4.78 is 28.0. The molecule has 0 N–H and O–H groups in total. The van der Waals surface area contributed by atoms with Crippen LogP contribution in [0.4, 0.5) is 8.78 Å². The molecular formula is C26H19F2NOS. The average Bonchev–Trinajstić information content (AvgIpc) is 3.14. The van der Waals surface area contributed by atoms with Gasteiger partial charge in [-0.25, -0.2) is 8.78 Å². The fourth-order valence-electron chi connectivity index (χ4n) is 4.13. The minimum atomic E-state index is -0.682. The van der Waals surface area contributed by atoms with Gasteiger partial charge in [-0.3, -0.25) is 9.78 Å². The summed E-state index contributed by atoms with van der Waals surface area (Å²) in [5.41, 5.74) is 5.56. The van der Waals surface area contributed by atoms with E-state index < -0.39 is 11.6 Å². The van der Waals surface area contributed by atoms with Crippen LogP contribution in [0, 0.1) is 11.6 Å². The molecule has 2 aromatic carbocycles. The van der Waals surface area contributed by atoms with E-state index in [0.29, 0.717) is 4.88 Å². The van der Waals surface area contributed by atoms with Gasteiger partial charge in [-0.2, -0.15) is 0 Å². The van der Waals surface area contributed by atoms with E-state index in [1.807, 2.05) is 18.2 Å². The standard InChI is InChI=1S/C26H19F2NOS/c27-22-5-2-6-23(28)21(22)15-24(30)25-14-19-4-1-3-17-7-8-18(13-20(17)26(19)31-25)16-9-11-29-12-10-16/h2,5-14H,1,3-4,15H2. The molecule has 5 rings (SSSR count). The summed E-state index contributed by atoms with van der Waals surface area (Å²) in [4.78, 5) is 18.6. The van der Waals surface area contributed by atoms with Crippen molar-refractivity contribution in [1.29, 1.82) is 0 Å². The Kier molecular flexibility index (Phi) is 5.20. The number of hydrogen-bond donors (Lipinski definition) is 0. The summed E-state index contributed by atoms with van der Waals surface area (Å²) in [6, 6.07) is 16.0. The molecule has 2 aromatic heterocycles. The highest BCUT2D eigenvalue weighted by atomic mass is 32.1. The van der Waals surface area contributed by atoms with Gasteiger partial charge in [0.25, 0.3) is 0 Å². The van der Waals surface area contributed by atoms with Crippen molar-refractivity contribution in [1.82, 2.24) is 4.98 Å². The molecule has 0 atom stereocenters. The number of pyridine rings is 1. The van der Waals surface area contributed by atoms with E-state index in [9.17, 15) is 13.6 Å². The molecule has 0 amide bonds. The van der Waals surface area contributed by atoms with Crippen LogP contribution in [0.25, 0.3) is 21.6 Å². The number of carbonyl (C=O) groups excluding carboxylic acids is 1. The number of nitrogens with zero attached hydrogens (tertiary/aromatic N) is 1. The number of halogens is 2. The maximum absolute atomic E-state index is 14.0. The lowest BCUT2D eigenvalue weighted by Gasteiger charge is -2.09. The van der Waals surface area contributed by atoms with Gasteiger partial charge in [0.1, 0.15) is 11.6 Å². The number of hydrogen-bond acceptors (Lipinski definition) is 3. The lowest BCUT2D eigenvalue weighted by atomic mass is 9.97. The predicted molar refractivity (Wildman–Crippen MR) is 119 cm³/mol. The third-order valence-corrected chi connectivity index (χ3v) is 6.99. The molecule has 0 bridgehead atoms. The average molecular weight is 432 g/mol. The topological polar surface area (TPSA) is 30.0 Å². The molecule has 5 heteroatoms. The fourth-order valence-corrected chi connectivity index (χ4v) is 5.33. The number of Topliss-reactive ketones (excluding diaryl/α,β-unsaturated/α-hetero) is 1. The molecule has 0 spiro atoms. The number of ketones is 1. The molecule has 1 aliphatic carbocycles. The summed E-state index contributed by atoms with van der Waals surface area (Å²) >= 11 is 1.43. The van der Waals surface area contributed by atoms with Crippen molar-refractivity contribution >= 4 is 17.1 Å². The first kappa shape index (κ1) is 19.8. The maximum atomic E-state index is 14.0. The van der Waals surface area contributed by atoms with Crippen molar-refractivity contribution in [3.8, 4) is 21.6 Å². The number of benzene rings is 2. The van der Waals surface area contributed by atoms with Gasteiger partial charge in [-0.1, -0.05) is 18.2 Å². The number of rotatable bonds is 4. The molecule has 31 heavy (non-hydrogen) atoms. The summed E-state index contributed by atoms with van der Waals surface area (Å²) in [6.07, 6.45) is 6.14. The SMILES string of the molecule is O=C(Cc1c(F)cccc1F)c1cc2c(s1)-c1cc(-c3ccncc3)ccc1CCC2. The van der Waals surface area contributed by atoms with Crippen LogP contribution in [0.1, 0.15) is 32.8 Å². The lowest BCUT2D eigenvalue weighted by Crippen LogP contribution is -2.05. The first-order chi connectivity index (χ1) is 15.1. The van der Waals surface area contributed by atoms with Crippen LogP contribution < -0.4 is 0 Å². The Morgan fingerprint density at radius 3 is 2.42 bits per heavy atom. The molecule has 0 fully saturated rings. The molecule has 2 heterocycles. The Morgan fingerprint density at radius 2 is 1.65 bits per heavy atom. The van der Waals surface area contributed by atoms with Gasteiger partial charge in [0.05, 0.1) is 4.88 Å². The smallest absolute Gasteiger partial charge is 0.177 e. The molecule has 0 aliphatic heterocycles. The zero-order valence-corrected chi connectivity index (χ0v) is 17.5. The fraction of sp³-hybridized carbons (Fsp3) is 0.154. The Bertz CT molecular complexity index is 1260. The van der Waals surface area contributed by atoms with Crippen LogP contribution in [0.15, 0.2) is 67.0 Å².